The van der Waals surface area contributed by atoms with Gasteiger partial charge in [-0.25, -0.2) is 0 Å². The molecule has 4 atom stereocenters. The molecule has 0 amide bonds. The number of nitrogens with two attached hydrogens (primary N) is 2. The summed E-state index contributed by atoms with van der Waals surface area (Å²) in [5.41, 5.74) is 11.3. The van der Waals surface area contributed by atoms with Gasteiger partial charge in [0.05, 0.1) is 12.2 Å². The van der Waals surface area contributed by atoms with Crippen LogP contribution in [0.2, 0.25) is 0 Å². The van der Waals surface area contributed by atoms with Crippen molar-refractivity contribution in [2.24, 2.45) is 11.5 Å². The third kappa shape index (κ3) is 2.17. The average Bonchev–Trinajstić information content (AvgIpc) is 2.07. The first kappa shape index (κ1) is 9.92. The summed E-state index contributed by atoms with van der Waals surface area (Å²) in [6, 6.07) is -0.972. The quantitative estimate of drug-likeness (QED) is 0.376. The highest BCUT2D eigenvalue weighted by Gasteiger charge is 2.28. The number of aliphatic hydroxyl groups excluding tert-OH is 2. The standard InChI is InChI=1S/C8H18N2O2/c9-7-5(11)3-1-2-4-6(12)8(7)10/h5-8,11-12H,1-4,9-10H2/t5-,6+,7-,8-/m1/s1. The van der Waals surface area contributed by atoms with E-state index in [4.69, 9.17) is 11.5 Å². The second kappa shape index (κ2) is 4.18. The van der Waals surface area contributed by atoms with Crippen molar-refractivity contribution in [3.63, 3.8) is 0 Å². The molecule has 1 saturated carbocycles. The van der Waals surface area contributed by atoms with Crippen LogP contribution in [0.5, 0.6) is 0 Å². The van der Waals surface area contributed by atoms with Gasteiger partial charge in [-0.15, -0.1) is 0 Å². The maximum Gasteiger partial charge on any atom is 0.0707 e. The zero-order valence-electron chi connectivity index (χ0n) is 7.19. The molecule has 1 rings (SSSR count). The minimum atomic E-state index is -0.560. The fourth-order valence-corrected chi connectivity index (χ4v) is 1.60. The molecule has 1 aliphatic carbocycles. The van der Waals surface area contributed by atoms with E-state index >= 15 is 0 Å². The molecular formula is C8H18N2O2. The minimum Gasteiger partial charge on any atom is -0.391 e. The molecule has 4 heteroatoms. The first-order valence-corrected chi connectivity index (χ1v) is 4.50. The second-order valence-corrected chi connectivity index (χ2v) is 3.57. The Morgan fingerprint density at radius 2 is 1.17 bits per heavy atom. The van der Waals surface area contributed by atoms with Gasteiger partial charge in [0, 0.05) is 12.1 Å². The first-order valence-electron chi connectivity index (χ1n) is 4.50. The molecule has 1 fully saturated rings. The van der Waals surface area contributed by atoms with E-state index in [1.807, 2.05) is 0 Å². The predicted molar refractivity (Wildman–Crippen MR) is 46.4 cm³/mol. The summed E-state index contributed by atoms with van der Waals surface area (Å²) >= 11 is 0. The normalized spacial score (nSPS) is 45.0. The van der Waals surface area contributed by atoms with Gasteiger partial charge in [-0.3, -0.25) is 0 Å². The molecular weight excluding hydrogens is 156 g/mol. The molecule has 0 aliphatic heterocycles. The Labute approximate surface area is 72.6 Å². The highest BCUT2D eigenvalue weighted by Crippen LogP contribution is 2.16. The lowest BCUT2D eigenvalue weighted by Gasteiger charge is -2.30. The molecule has 1 aliphatic rings. The van der Waals surface area contributed by atoms with Crippen molar-refractivity contribution in [1.82, 2.24) is 0 Å². The summed E-state index contributed by atoms with van der Waals surface area (Å²) < 4.78 is 0. The Bertz CT molecular complexity index is 127. The van der Waals surface area contributed by atoms with Gasteiger partial charge < -0.3 is 21.7 Å². The summed E-state index contributed by atoms with van der Waals surface area (Å²) in [5, 5.41) is 18.9. The summed E-state index contributed by atoms with van der Waals surface area (Å²) in [6.07, 6.45) is 2.10. The van der Waals surface area contributed by atoms with E-state index in [2.05, 4.69) is 0 Å². The van der Waals surface area contributed by atoms with Crippen LogP contribution >= 0.6 is 0 Å². The molecule has 0 saturated heterocycles. The largest absolute Gasteiger partial charge is 0.391 e. The molecule has 0 spiro atoms. The summed E-state index contributed by atoms with van der Waals surface area (Å²) in [4.78, 5) is 0. The predicted octanol–water partition coefficient (Wildman–Crippen LogP) is -1.06. The van der Waals surface area contributed by atoms with E-state index in [9.17, 15) is 10.2 Å². The third-order valence-electron chi connectivity index (χ3n) is 2.58. The highest BCUT2D eigenvalue weighted by molar-refractivity contribution is 4.89. The maximum atomic E-state index is 9.45. The number of rotatable bonds is 0. The summed E-state index contributed by atoms with van der Waals surface area (Å²) in [6.45, 7) is 0. The van der Waals surface area contributed by atoms with E-state index < -0.39 is 24.3 Å². The number of aliphatic hydroxyl groups is 2. The van der Waals surface area contributed by atoms with Crippen LogP contribution in [0.15, 0.2) is 0 Å². The van der Waals surface area contributed by atoms with Gasteiger partial charge in [0.25, 0.3) is 0 Å². The van der Waals surface area contributed by atoms with Crippen LogP contribution in [-0.2, 0) is 0 Å². The van der Waals surface area contributed by atoms with Crippen LogP contribution in [0, 0.1) is 0 Å². The third-order valence-corrected chi connectivity index (χ3v) is 2.58. The van der Waals surface area contributed by atoms with E-state index in [1.54, 1.807) is 0 Å². The lowest BCUT2D eigenvalue weighted by atomic mass is 9.89. The number of hydrogen-bond donors (Lipinski definition) is 4. The fraction of sp³-hybridized carbons (Fsp3) is 1.00. The topological polar surface area (TPSA) is 92.5 Å². The van der Waals surface area contributed by atoms with Gasteiger partial charge in [0.15, 0.2) is 0 Å². The molecule has 0 aromatic carbocycles. The Hall–Kier alpha value is -0.160. The number of hydrogen-bond acceptors (Lipinski definition) is 4. The SMILES string of the molecule is N[C@H]1[C@H](N)[C@@H](O)CCCC[C@H]1O. The lowest BCUT2D eigenvalue weighted by Crippen LogP contribution is -2.55. The van der Waals surface area contributed by atoms with Crippen LogP contribution in [0.25, 0.3) is 0 Å². The van der Waals surface area contributed by atoms with Gasteiger partial charge in [0.1, 0.15) is 0 Å². The molecule has 6 N–H and O–H groups in total. The Morgan fingerprint density at radius 1 is 0.833 bits per heavy atom. The zero-order valence-corrected chi connectivity index (χ0v) is 7.19. The molecule has 0 radical (unpaired) electrons. The molecule has 0 aromatic heterocycles. The maximum absolute atomic E-state index is 9.45. The van der Waals surface area contributed by atoms with Crippen LogP contribution < -0.4 is 11.5 Å². The molecule has 0 bridgehead atoms. The zero-order chi connectivity index (χ0) is 9.14. The Morgan fingerprint density at radius 3 is 1.50 bits per heavy atom. The minimum absolute atomic E-state index is 0.486. The van der Waals surface area contributed by atoms with Crippen LogP contribution in [0.3, 0.4) is 0 Å². The van der Waals surface area contributed by atoms with Crippen LogP contribution in [0.1, 0.15) is 25.7 Å². The highest BCUT2D eigenvalue weighted by atomic mass is 16.3. The monoisotopic (exact) mass is 174 g/mol. The Balaban J connectivity index is 2.55. The summed E-state index contributed by atoms with van der Waals surface area (Å²) in [5.74, 6) is 0. The van der Waals surface area contributed by atoms with Gasteiger partial charge in [0.2, 0.25) is 0 Å². The van der Waals surface area contributed by atoms with E-state index in [-0.39, 0.29) is 0 Å². The van der Waals surface area contributed by atoms with E-state index in [0.29, 0.717) is 12.8 Å². The van der Waals surface area contributed by atoms with Crippen molar-refractivity contribution >= 4 is 0 Å². The van der Waals surface area contributed by atoms with Gasteiger partial charge >= 0.3 is 0 Å². The molecule has 0 aromatic rings. The van der Waals surface area contributed by atoms with Crippen molar-refractivity contribution in [3.8, 4) is 0 Å². The molecule has 12 heavy (non-hydrogen) atoms. The van der Waals surface area contributed by atoms with Crippen molar-refractivity contribution in [1.29, 1.82) is 0 Å². The molecule has 4 nitrogen and oxygen atoms in total. The summed E-state index contributed by atoms with van der Waals surface area (Å²) in [7, 11) is 0. The van der Waals surface area contributed by atoms with E-state index in [1.165, 1.54) is 0 Å². The van der Waals surface area contributed by atoms with Crippen molar-refractivity contribution in [2.45, 2.75) is 50.0 Å². The second-order valence-electron chi connectivity index (χ2n) is 3.57. The van der Waals surface area contributed by atoms with Crippen LogP contribution in [-0.4, -0.2) is 34.5 Å². The fourth-order valence-electron chi connectivity index (χ4n) is 1.60. The van der Waals surface area contributed by atoms with Gasteiger partial charge in [-0.05, 0) is 12.8 Å². The van der Waals surface area contributed by atoms with Crippen molar-refractivity contribution in [3.05, 3.63) is 0 Å². The first-order chi connectivity index (χ1) is 5.63. The van der Waals surface area contributed by atoms with E-state index in [0.717, 1.165) is 12.8 Å². The lowest BCUT2D eigenvalue weighted by molar-refractivity contribution is 0.0529. The molecule has 0 heterocycles. The van der Waals surface area contributed by atoms with Crippen molar-refractivity contribution < 1.29 is 10.2 Å². The average molecular weight is 174 g/mol. The van der Waals surface area contributed by atoms with Crippen LogP contribution in [0.4, 0.5) is 0 Å². The smallest absolute Gasteiger partial charge is 0.0707 e. The molecule has 72 valence electrons. The molecule has 0 unspecified atom stereocenters. The van der Waals surface area contributed by atoms with Gasteiger partial charge in [-0.2, -0.15) is 0 Å². The van der Waals surface area contributed by atoms with Crippen molar-refractivity contribution in [2.75, 3.05) is 0 Å². The van der Waals surface area contributed by atoms with Gasteiger partial charge in [-0.1, -0.05) is 12.8 Å². The Kier molecular flexibility index (Phi) is 3.46.